The first kappa shape index (κ1) is 14.0. The molecule has 0 saturated carbocycles. The largest absolute Gasteiger partial charge is 0.492 e. The summed E-state index contributed by atoms with van der Waals surface area (Å²) < 4.78 is 5.07. The lowest BCUT2D eigenvalue weighted by atomic mass is 9.86. The molecule has 0 saturated heterocycles. The average molecular weight is 290 g/mol. The van der Waals surface area contributed by atoms with E-state index in [-0.39, 0.29) is 5.76 Å². The lowest BCUT2D eigenvalue weighted by molar-refractivity contribution is -0.132. The maximum Gasteiger partial charge on any atom is 0.268 e. The monoisotopic (exact) mass is 290 g/mol. The van der Waals surface area contributed by atoms with Gasteiger partial charge in [-0.1, -0.05) is 60.7 Å². The molecular formula is C19H14O3. The van der Waals surface area contributed by atoms with E-state index in [0.29, 0.717) is 11.1 Å². The zero-order valence-corrected chi connectivity index (χ0v) is 12.1. The number of allylic oxidation sites excluding steroid dienone is 4. The fraction of sp³-hybridized carbons (Fsp3) is 0.0526. The van der Waals surface area contributed by atoms with Crippen molar-refractivity contribution in [3.8, 4) is 0 Å². The molecule has 2 aromatic carbocycles. The molecule has 1 aliphatic carbocycles. The summed E-state index contributed by atoms with van der Waals surface area (Å²) >= 11 is 0. The number of carbonyl (C=O) groups excluding carboxylic acids is 2. The van der Waals surface area contributed by atoms with Crippen LogP contribution < -0.4 is 0 Å². The van der Waals surface area contributed by atoms with Crippen LogP contribution in [-0.4, -0.2) is 18.7 Å². The Morgan fingerprint density at radius 3 is 1.82 bits per heavy atom. The Morgan fingerprint density at radius 2 is 1.27 bits per heavy atom. The van der Waals surface area contributed by atoms with E-state index in [4.69, 9.17) is 4.74 Å². The molecule has 0 aromatic heterocycles. The molecule has 108 valence electrons. The van der Waals surface area contributed by atoms with Gasteiger partial charge in [-0.05, 0) is 22.8 Å². The summed E-state index contributed by atoms with van der Waals surface area (Å²) in [7, 11) is 1.40. The van der Waals surface area contributed by atoms with Crippen molar-refractivity contribution >= 4 is 22.7 Å². The van der Waals surface area contributed by atoms with Gasteiger partial charge in [0.15, 0.2) is 5.76 Å². The summed E-state index contributed by atoms with van der Waals surface area (Å²) in [6.45, 7) is 0. The van der Waals surface area contributed by atoms with Crippen LogP contribution in [0.4, 0.5) is 0 Å². The third-order valence-corrected chi connectivity index (χ3v) is 3.57. The molecule has 1 aliphatic rings. The van der Waals surface area contributed by atoms with Crippen LogP contribution >= 0.6 is 0 Å². The van der Waals surface area contributed by atoms with E-state index in [2.05, 4.69) is 0 Å². The van der Waals surface area contributed by atoms with Crippen molar-refractivity contribution in [3.05, 3.63) is 83.6 Å². The Kier molecular flexibility index (Phi) is 3.71. The summed E-state index contributed by atoms with van der Waals surface area (Å²) in [6.07, 6.45) is 1.64. The molecule has 3 heteroatoms. The van der Waals surface area contributed by atoms with Crippen LogP contribution in [0.1, 0.15) is 11.1 Å². The van der Waals surface area contributed by atoms with Gasteiger partial charge in [0.05, 0.1) is 7.11 Å². The first-order valence-corrected chi connectivity index (χ1v) is 6.92. The normalized spacial score (nSPS) is 14.9. The van der Waals surface area contributed by atoms with E-state index < -0.39 is 11.6 Å². The number of Topliss-reactive ketones (excluding diaryl/α,β-unsaturated/α-hetero) is 2. The number of methoxy groups -OCH3 is 1. The van der Waals surface area contributed by atoms with Crippen molar-refractivity contribution in [2.75, 3.05) is 7.11 Å². The van der Waals surface area contributed by atoms with Gasteiger partial charge < -0.3 is 4.74 Å². The van der Waals surface area contributed by atoms with E-state index >= 15 is 0 Å². The van der Waals surface area contributed by atoms with E-state index in [0.717, 1.165) is 11.1 Å². The van der Waals surface area contributed by atoms with Crippen molar-refractivity contribution in [3.63, 3.8) is 0 Å². The third-order valence-electron chi connectivity index (χ3n) is 3.57. The molecule has 0 spiro atoms. The third kappa shape index (κ3) is 2.37. The van der Waals surface area contributed by atoms with E-state index in [1.807, 2.05) is 60.7 Å². The molecule has 0 amide bonds. The van der Waals surface area contributed by atoms with Gasteiger partial charge in [-0.2, -0.15) is 0 Å². The molecule has 3 rings (SSSR count). The van der Waals surface area contributed by atoms with Gasteiger partial charge in [-0.15, -0.1) is 0 Å². The van der Waals surface area contributed by atoms with Crippen molar-refractivity contribution in [1.29, 1.82) is 0 Å². The summed E-state index contributed by atoms with van der Waals surface area (Å²) in [5.74, 6) is -1.08. The Morgan fingerprint density at radius 1 is 0.727 bits per heavy atom. The number of rotatable bonds is 3. The molecule has 3 nitrogen and oxygen atoms in total. The number of hydrogen-bond acceptors (Lipinski definition) is 3. The molecule has 0 atom stereocenters. The van der Waals surface area contributed by atoms with E-state index in [1.54, 1.807) is 6.08 Å². The Balaban J connectivity index is 2.29. The molecular weight excluding hydrogens is 276 g/mol. The van der Waals surface area contributed by atoms with Gasteiger partial charge in [-0.25, -0.2) is 0 Å². The van der Waals surface area contributed by atoms with Crippen LogP contribution in [0.2, 0.25) is 0 Å². The second-order valence-corrected chi connectivity index (χ2v) is 4.89. The predicted molar refractivity (Wildman–Crippen MR) is 84.8 cm³/mol. The van der Waals surface area contributed by atoms with Gasteiger partial charge in [0, 0.05) is 5.57 Å². The second-order valence-electron chi connectivity index (χ2n) is 4.89. The topological polar surface area (TPSA) is 43.4 Å². The van der Waals surface area contributed by atoms with Gasteiger partial charge >= 0.3 is 0 Å². The minimum absolute atomic E-state index is 0.0727. The van der Waals surface area contributed by atoms with E-state index in [9.17, 15) is 9.59 Å². The number of ketones is 2. The van der Waals surface area contributed by atoms with Crippen LogP contribution in [-0.2, 0) is 14.3 Å². The van der Waals surface area contributed by atoms with Crippen LogP contribution in [0.15, 0.2) is 72.5 Å². The highest BCUT2D eigenvalue weighted by Crippen LogP contribution is 2.33. The zero-order chi connectivity index (χ0) is 15.5. The van der Waals surface area contributed by atoms with Crippen molar-refractivity contribution in [2.45, 2.75) is 0 Å². The number of carbonyl (C=O) groups is 2. The number of ether oxygens (including phenoxy) is 1. The van der Waals surface area contributed by atoms with Crippen LogP contribution in [0.3, 0.4) is 0 Å². The first-order valence-electron chi connectivity index (χ1n) is 6.92. The molecule has 0 bridgehead atoms. The van der Waals surface area contributed by atoms with Crippen molar-refractivity contribution in [1.82, 2.24) is 0 Å². The Labute approximate surface area is 128 Å². The van der Waals surface area contributed by atoms with Gasteiger partial charge in [-0.3, -0.25) is 9.59 Å². The molecule has 0 unspecified atom stereocenters. The molecule has 0 N–H and O–H groups in total. The molecule has 0 heterocycles. The quantitative estimate of drug-likeness (QED) is 0.643. The molecule has 0 aliphatic heterocycles. The van der Waals surface area contributed by atoms with Crippen LogP contribution in [0, 0.1) is 0 Å². The Bertz CT molecular complexity index is 784. The highest BCUT2D eigenvalue weighted by atomic mass is 16.5. The van der Waals surface area contributed by atoms with E-state index in [1.165, 1.54) is 7.11 Å². The lowest BCUT2D eigenvalue weighted by Gasteiger charge is -2.18. The minimum atomic E-state index is -0.610. The summed E-state index contributed by atoms with van der Waals surface area (Å²) in [4.78, 5) is 24.7. The fourth-order valence-corrected chi connectivity index (χ4v) is 2.50. The fourth-order valence-electron chi connectivity index (χ4n) is 2.50. The number of benzene rings is 2. The summed E-state index contributed by atoms with van der Waals surface area (Å²) in [5.41, 5.74) is 2.72. The SMILES string of the molecule is COC1=CC(c2ccccc2)=C(c2ccccc2)C(=O)C1=O. The van der Waals surface area contributed by atoms with Crippen LogP contribution in [0.25, 0.3) is 11.1 Å². The lowest BCUT2D eigenvalue weighted by Crippen LogP contribution is -2.23. The molecule has 0 radical (unpaired) electrons. The molecule has 0 fully saturated rings. The molecule has 2 aromatic rings. The smallest absolute Gasteiger partial charge is 0.268 e. The highest BCUT2D eigenvalue weighted by Gasteiger charge is 2.31. The van der Waals surface area contributed by atoms with Crippen molar-refractivity contribution < 1.29 is 14.3 Å². The second kappa shape index (κ2) is 5.82. The summed E-state index contributed by atoms with van der Waals surface area (Å²) in [5, 5.41) is 0. The standard InChI is InChI=1S/C19H14O3/c1-22-16-12-15(13-8-4-2-5-9-13)17(19(21)18(16)20)14-10-6-3-7-11-14/h2-12H,1H3. The maximum absolute atomic E-state index is 12.6. The zero-order valence-electron chi connectivity index (χ0n) is 12.1. The average Bonchev–Trinajstić information content (AvgIpc) is 2.58. The van der Waals surface area contributed by atoms with Crippen molar-refractivity contribution in [2.24, 2.45) is 0 Å². The number of hydrogen-bond donors (Lipinski definition) is 0. The maximum atomic E-state index is 12.6. The first-order chi connectivity index (χ1) is 10.7. The van der Waals surface area contributed by atoms with Crippen LogP contribution in [0.5, 0.6) is 0 Å². The Hall–Kier alpha value is -2.94. The predicted octanol–water partition coefficient (Wildman–Crippen LogP) is 3.28. The molecule has 22 heavy (non-hydrogen) atoms. The van der Waals surface area contributed by atoms with Gasteiger partial charge in [0.2, 0.25) is 5.78 Å². The summed E-state index contributed by atoms with van der Waals surface area (Å²) in [6, 6.07) is 18.7. The minimum Gasteiger partial charge on any atom is -0.492 e. The van der Waals surface area contributed by atoms with Gasteiger partial charge in [0.25, 0.3) is 5.78 Å². The van der Waals surface area contributed by atoms with Gasteiger partial charge in [0.1, 0.15) is 0 Å². The highest BCUT2D eigenvalue weighted by molar-refractivity contribution is 6.61.